The maximum atomic E-state index is 12.5. The van der Waals surface area contributed by atoms with Crippen molar-refractivity contribution in [3.05, 3.63) is 28.3 Å². The van der Waals surface area contributed by atoms with E-state index in [2.05, 4.69) is 5.32 Å². The highest BCUT2D eigenvalue weighted by Gasteiger charge is 2.38. The molecular weight excluding hydrogens is 341 g/mol. The average molecular weight is 360 g/mol. The van der Waals surface area contributed by atoms with E-state index in [1.54, 1.807) is 0 Å². The van der Waals surface area contributed by atoms with Crippen LogP contribution in [0.1, 0.15) is 27.0 Å². The number of phenols is 1. The number of nitrogens with zero attached hydrogens (tertiary/aromatic N) is 1. The highest BCUT2D eigenvalue weighted by molar-refractivity contribution is 5.98. The molecule has 25 heavy (non-hydrogen) atoms. The van der Waals surface area contributed by atoms with Crippen LogP contribution in [0, 0.1) is 13.8 Å². The highest BCUT2D eigenvalue weighted by atomic mass is 19.4. The average Bonchev–Trinajstić information content (AvgIpc) is 2.54. The van der Waals surface area contributed by atoms with E-state index in [0.717, 1.165) is 48.3 Å². The molecule has 0 radical (unpaired) electrons. The zero-order valence-electron chi connectivity index (χ0n) is 13.8. The molecule has 0 saturated carbocycles. The Balaban J connectivity index is 0.000000277. The second-order valence-electron chi connectivity index (χ2n) is 6.06. The maximum absolute atomic E-state index is 12.5. The minimum atomic E-state index is -5.08. The van der Waals surface area contributed by atoms with Crippen molar-refractivity contribution in [3.63, 3.8) is 0 Å². The first kappa shape index (κ1) is 19.0. The number of fused-ring (bicyclic) bond motifs is 2. The monoisotopic (exact) mass is 360 g/mol. The van der Waals surface area contributed by atoms with E-state index >= 15 is 0 Å². The number of carboxylic acids is 1. The second-order valence-corrected chi connectivity index (χ2v) is 6.06. The predicted octanol–water partition coefficient (Wildman–Crippen LogP) is 1.61. The molecule has 0 unspecified atom stereocenters. The number of carbonyl (C=O) groups is 2. The molecule has 1 fully saturated rings. The molecule has 3 rings (SSSR count). The third-order valence-electron chi connectivity index (χ3n) is 4.39. The fourth-order valence-electron chi connectivity index (χ4n) is 3.07. The normalized spacial score (nSPS) is 19.5. The topological polar surface area (TPSA) is 89.9 Å². The van der Waals surface area contributed by atoms with Crippen LogP contribution < -0.4 is 5.32 Å². The lowest BCUT2D eigenvalue weighted by Gasteiger charge is -2.41. The molecule has 1 atom stereocenters. The summed E-state index contributed by atoms with van der Waals surface area (Å²) in [5, 5.41) is 20.5. The minimum absolute atomic E-state index is 0.119. The number of benzene rings is 1. The Morgan fingerprint density at radius 2 is 1.96 bits per heavy atom. The molecule has 2 aliphatic heterocycles. The van der Waals surface area contributed by atoms with Crippen LogP contribution in [0.3, 0.4) is 0 Å². The van der Waals surface area contributed by atoms with Crippen LogP contribution in [-0.2, 0) is 11.2 Å². The zero-order valence-corrected chi connectivity index (χ0v) is 13.8. The number of phenolic OH excluding ortho intramolecular Hbond substituents is 1. The molecule has 1 aromatic carbocycles. The van der Waals surface area contributed by atoms with Gasteiger partial charge >= 0.3 is 12.1 Å². The molecule has 0 spiro atoms. The van der Waals surface area contributed by atoms with E-state index in [4.69, 9.17) is 9.90 Å². The lowest BCUT2D eigenvalue weighted by Crippen LogP contribution is -2.56. The summed E-state index contributed by atoms with van der Waals surface area (Å²) in [6.07, 6.45) is -4.24. The number of carbonyl (C=O) groups excluding carboxylic acids is 1. The fourth-order valence-corrected chi connectivity index (χ4v) is 3.07. The van der Waals surface area contributed by atoms with Crippen molar-refractivity contribution < 1.29 is 33.0 Å². The molecule has 1 saturated heterocycles. The van der Waals surface area contributed by atoms with Crippen molar-refractivity contribution in [2.24, 2.45) is 0 Å². The Morgan fingerprint density at radius 1 is 1.36 bits per heavy atom. The number of rotatable bonds is 0. The van der Waals surface area contributed by atoms with Crippen LogP contribution >= 0.6 is 0 Å². The van der Waals surface area contributed by atoms with Gasteiger partial charge in [0, 0.05) is 31.2 Å². The molecule has 0 bridgehead atoms. The molecule has 0 aromatic heterocycles. The molecule has 138 valence electrons. The molecule has 6 nitrogen and oxygen atoms in total. The number of hydrogen-bond donors (Lipinski definition) is 3. The summed E-state index contributed by atoms with van der Waals surface area (Å²) in [6, 6.07) is 2.07. The first-order chi connectivity index (χ1) is 11.5. The van der Waals surface area contributed by atoms with Crippen LogP contribution in [-0.4, -0.2) is 58.8 Å². The summed E-state index contributed by atoms with van der Waals surface area (Å²) < 4.78 is 31.7. The summed E-state index contributed by atoms with van der Waals surface area (Å²) in [4.78, 5) is 23.3. The number of aliphatic carboxylic acids is 1. The van der Waals surface area contributed by atoms with Crippen LogP contribution in [0.25, 0.3) is 0 Å². The molecule has 3 N–H and O–H groups in total. The molecule has 1 amide bonds. The van der Waals surface area contributed by atoms with Crippen molar-refractivity contribution in [1.82, 2.24) is 10.2 Å². The van der Waals surface area contributed by atoms with E-state index in [1.165, 1.54) is 0 Å². The van der Waals surface area contributed by atoms with Gasteiger partial charge in [0.25, 0.3) is 5.91 Å². The molecule has 1 aromatic rings. The van der Waals surface area contributed by atoms with Crippen molar-refractivity contribution in [2.45, 2.75) is 32.5 Å². The van der Waals surface area contributed by atoms with Gasteiger partial charge in [-0.3, -0.25) is 4.79 Å². The van der Waals surface area contributed by atoms with E-state index in [9.17, 15) is 23.1 Å². The van der Waals surface area contributed by atoms with Gasteiger partial charge in [0.05, 0.1) is 0 Å². The van der Waals surface area contributed by atoms with Crippen LogP contribution in [0.2, 0.25) is 0 Å². The summed E-state index contributed by atoms with van der Waals surface area (Å²) in [5.41, 5.74) is 3.45. The van der Waals surface area contributed by atoms with Crippen LogP contribution in [0.4, 0.5) is 13.2 Å². The standard InChI is InChI=1S/C14H18N2O2.C2HF3O2/c1-8-5-12-11(9(2)13(8)17)6-10-7-15-3-4-16(10)14(12)18;3-2(4,5)1(6)7/h5,10,15,17H,3-4,6-7H2,1-2H3;(H,6,7)/t10-;/m1./s1. The maximum Gasteiger partial charge on any atom is 0.490 e. The van der Waals surface area contributed by atoms with Crippen molar-refractivity contribution in [2.75, 3.05) is 19.6 Å². The van der Waals surface area contributed by atoms with E-state index in [0.29, 0.717) is 5.75 Å². The molecular formula is C16H19F3N2O4. The summed E-state index contributed by atoms with van der Waals surface area (Å²) in [7, 11) is 0. The quantitative estimate of drug-likeness (QED) is 0.654. The number of alkyl halides is 3. The van der Waals surface area contributed by atoms with Crippen molar-refractivity contribution >= 4 is 11.9 Å². The van der Waals surface area contributed by atoms with Crippen LogP contribution in [0.15, 0.2) is 6.07 Å². The Morgan fingerprint density at radius 3 is 2.52 bits per heavy atom. The first-order valence-corrected chi connectivity index (χ1v) is 7.67. The fraction of sp³-hybridized carbons (Fsp3) is 0.500. The van der Waals surface area contributed by atoms with Gasteiger partial charge in [0.15, 0.2) is 0 Å². The summed E-state index contributed by atoms with van der Waals surface area (Å²) in [6.45, 7) is 6.24. The van der Waals surface area contributed by atoms with Gasteiger partial charge in [-0.15, -0.1) is 0 Å². The van der Waals surface area contributed by atoms with Gasteiger partial charge in [-0.2, -0.15) is 13.2 Å². The van der Waals surface area contributed by atoms with Crippen molar-refractivity contribution in [1.29, 1.82) is 0 Å². The third-order valence-corrected chi connectivity index (χ3v) is 4.39. The van der Waals surface area contributed by atoms with Crippen LogP contribution in [0.5, 0.6) is 5.75 Å². The number of carboxylic acid groups (broad SMARTS) is 1. The number of amides is 1. The summed E-state index contributed by atoms with van der Waals surface area (Å²) >= 11 is 0. The predicted molar refractivity (Wildman–Crippen MR) is 82.7 cm³/mol. The van der Waals surface area contributed by atoms with E-state index in [-0.39, 0.29) is 11.9 Å². The van der Waals surface area contributed by atoms with Gasteiger partial charge in [-0.05, 0) is 43.0 Å². The Kier molecular flexibility index (Phi) is 5.26. The van der Waals surface area contributed by atoms with Gasteiger partial charge in [0.1, 0.15) is 5.75 Å². The van der Waals surface area contributed by atoms with E-state index in [1.807, 2.05) is 24.8 Å². The molecule has 2 aliphatic rings. The summed E-state index contributed by atoms with van der Waals surface area (Å²) in [5.74, 6) is -2.31. The third kappa shape index (κ3) is 3.87. The van der Waals surface area contributed by atoms with Gasteiger partial charge in [-0.1, -0.05) is 0 Å². The lowest BCUT2D eigenvalue weighted by atomic mass is 9.87. The van der Waals surface area contributed by atoms with Crippen molar-refractivity contribution in [3.8, 4) is 5.75 Å². The number of piperazine rings is 1. The molecule has 9 heteroatoms. The number of hydrogen-bond acceptors (Lipinski definition) is 4. The SMILES string of the molecule is Cc1cc2c(c(C)c1O)C[C@@H]1CNCCN1C2=O.O=C(O)C(F)(F)F. The second kappa shape index (κ2) is 6.91. The lowest BCUT2D eigenvalue weighted by molar-refractivity contribution is -0.192. The molecule has 0 aliphatic carbocycles. The zero-order chi connectivity index (χ0) is 18.9. The Bertz CT molecular complexity index is 704. The van der Waals surface area contributed by atoms with Gasteiger partial charge in [-0.25, -0.2) is 4.79 Å². The van der Waals surface area contributed by atoms with E-state index < -0.39 is 12.1 Å². The number of nitrogens with one attached hydrogen (secondary N) is 1. The number of aryl methyl sites for hydroxylation is 1. The first-order valence-electron chi connectivity index (χ1n) is 7.67. The minimum Gasteiger partial charge on any atom is -0.507 e. The number of aromatic hydroxyl groups is 1. The van der Waals surface area contributed by atoms with Gasteiger partial charge in [0.2, 0.25) is 0 Å². The van der Waals surface area contributed by atoms with Gasteiger partial charge < -0.3 is 20.4 Å². The Hall–Kier alpha value is -2.29. The molecule has 2 heterocycles. The smallest absolute Gasteiger partial charge is 0.490 e. The highest BCUT2D eigenvalue weighted by Crippen LogP contribution is 2.33. The Labute approximate surface area is 142 Å². The number of halogens is 3. The largest absolute Gasteiger partial charge is 0.507 e.